The molecule has 1 aliphatic heterocycles. The Morgan fingerprint density at radius 1 is 0.952 bits per heavy atom. The molecule has 1 atom stereocenters. The number of hydrogen-bond acceptors (Lipinski definition) is 4. The summed E-state index contributed by atoms with van der Waals surface area (Å²) in [6.07, 6.45) is -8.14. The minimum absolute atomic E-state index is 0. The molecule has 1 aliphatic rings. The number of nitrogens with zero attached hydrogens (tertiary/aromatic N) is 2. The number of halogens is 8. The highest BCUT2D eigenvalue weighted by Crippen LogP contribution is 2.37. The van der Waals surface area contributed by atoms with Crippen LogP contribution < -0.4 is 0 Å². The molecule has 5 rings (SSSR count). The lowest BCUT2D eigenvalue weighted by molar-refractivity contribution is -0.143. The van der Waals surface area contributed by atoms with Crippen molar-refractivity contribution in [2.45, 2.75) is 24.8 Å². The number of carbonyl (C=O) groups is 2. The maximum atomic E-state index is 13.6. The lowest BCUT2D eigenvalue weighted by Gasteiger charge is -2.41. The number of fused-ring (bicyclic) bond motifs is 1. The van der Waals surface area contributed by atoms with E-state index < -0.39 is 41.0 Å². The highest BCUT2D eigenvalue weighted by atomic mass is 35.5. The Balaban J connectivity index is 0.00000405. The summed E-state index contributed by atoms with van der Waals surface area (Å²) in [5.74, 6) is -1.12. The highest BCUT2D eigenvalue weighted by molar-refractivity contribution is 7.18. The van der Waals surface area contributed by atoms with Crippen LogP contribution in [0.5, 0.6) is 0 Å². The number of amides is 1. The Kier molecular flexibility index (Phi) is 9.31. The first-order chi connectivity index (χ1) is 19.3. The number of hydrogen-bond donors (Lipinski definition) is 1. The Hall–Kier alpha value is -3.06. The van der Waals surface area contributed by atoms with Gasteiger partial charge in [-0.2, -0.15) is 26.3 Å². The summed E-state index contributed by atoms with van der Waals surface area (Å²) in [7, 11) is 0. The fourth-order valence-corrected chi connectivity index (χ4v) is 6.02. The van der Waals surface area contributed by atoms with Crippen LogP contribution in [0.1, 0.15) is 36.7 Å². The van der Waals surface area contributed by atoms with Gasteiger partial charge in [-0.3, -0.25) is 14.5 Å². The number of H-pyrrole nitrogens is 1. The van der Waals surface area contributed by atoms with Crippen molar-refractivity contribution in [2.75, 3.05) is 26.2 Å². The van der Waals surface area contributed by atoms with Gasteiger partial charge >= 0.3 is 12.4 Å². The number of alkyl halides is 6. The minimum atomic E-state index is -5.08. The van der Waals surface area contributed by atoms with Gasteiger partial charge in [0.25, 0.3) is 5.91 Å². The van der Waals surface area contributed by atoms with Gasteiger partial charge in [0, 0.05) is 48.3 Å². The van der Waals surface area contributed by atoms with Crippen LogP contribution in [0, 0.1) is 0 Å². The Bertz CT molecular complexity index is 1570. The number of aromatic nitrogens is 1. The van der Waals surface area contributed by atoms with Gasteiger partial charge in [-0.05, 0) is 48.4 Å². The normalized spacial score (nSPS) is 16.5. The number of benzene rings is 2. The largest absolute Gasteiger partial charge is 0.416 e. The van der Waals surface area contributed by atoms with E-state index in [9.17, 15) is 35.9 Å². The molecule has 14 heteroatoms. The van der Waals surface area contributed by atoms with Crippen molar-refractivity contribution in [3.05, 3.63) is 92.3 Å². The van der Waals surface area contributed by atoms with Crippen LogP contribution in [0.25, 0.3) is 10.9 Å². The monoisotopic (exact) mass is 649 g/mol. The van der Waals surface area contributed by atoms with Crippen molar-refractivity contribution < 1.29 is 35.9 Å². The third kappa shape index (κ3) is 6.94. The SMILES string of the molecule is Cl.O=C(CN1CCN(C(=O)c2cc(C(F)(F)F)cc(C(F)(F)F)c2)[C@H](Cc2c[nH]c3ccccc23)C1)c1ccc(Cl)s1. The quantitative estimate of drug-likeness (QED) is 0.173. The number of ketones is 1. The Morgan fingerprint density at radius 3 is 2.24 bits per heavy atom. The maximum Gasteiger partial charge on any atom is 0.416 e. The number of aromatic amines is 1. The number of Topliss-reactive ketones (excluding diaryl/α,β-unsaturated/α-hetero) is 1. The van der Waals surface area contributed by atoms with Crippen LogP contribution in [-0.4, -0.2) is 58.7 Å². The molecular formula is C28H23Cl2F6N3O2S. The van der Waals surface area contributed by atoms with Crippen molar-refractivity contribution in [2.24, 2.45) is 0 Å². The first-order valence-corrected chi connectivity index (χ1v) is 13.7. The van der Waals surface area contributed by atoms with E-state index in [1.165, 1.54) is 4.90 Å². The van der Waals surface area contributed by atoms with Gasteiger partial charge in [0.05, 0.1) is 26.9 Å². The zero-order chi connectivity index (χ0) is 29.5. The molecule has 3 heterocycles. The molecule has 2 aromatic carbocycles. The van der Waals surface area contributed by atoms with Crippen molar-refractivity contribution in [3.63, 3.8) is 0 Å². The number of rotatable bonds is 6. The standard InChI is InChI=1S/C28H22ClF6N3O2S.ClH/c29-25-6-5-24(41-25)23(39)15-37-7-8-38(20(14-37)11-17-13-36-22-4-2-1-3-21(17)22)26(40)16-9-18(27(30,31)32)12-19(10-16)28(33,34)35;/h1-6,9-10,12-13,20,36H,7-8,11,14-15H2;1H/t20-;/m1./s1. The lowest BCUT2D eigenvalue weighted by atomic mass is 9.98. The second-order valence-corrected chi connectivity index (χ2v) is 11.5. The van der Waals surface area contributed by atoms with Gasteiger partial charge in [-0.25, -0.2) is 0 Å². The van der Waals surface area contributed by atoms with Crippen LogP contribution >= 0.6 is 35.3 Å². The van der Waals surface area contributed by atoms with E-state index in [0.717, 1.165) is 27.8 Å². The molecule has 0 unspecified atom stereocenters. The second-order valence-electron chi connectivity index (χ2n) is 9.77. The van der Waals surface area contributed by atoms with E-state index in [-0.39, 0.29) is 56.9 Å². The first kappa shape index (κ1) is 31.9. The molecule has 0 spiro atoms. The molecule has 1 amide bonds. The van der Waals surface area contributed by atoms with Crippen molar-refractivity contribution in [1.29, 1.82) is 0 Å². The van der Waals surface area contributed by atoms with Crippen LogP contribution in [0.2, 0.25) is 4.34 Å². The summed E-state index contributed by atoms with van der Waals surface area (Å²) >= 11 is 7.09. The fourth-order valence-electron chi connectivity index (χ4n) is 5.05. The average Bonchev–Trinajstić information content (AvgIpc) is 3.53. The van der Waals surface area contributed by atoms with E-state index in [1.807, 2.05) is 29.2 Å². The van der Waals surface area contributed by atoms with Crippen LogP contribution in [0.15, 0.2) is 60.8 Å². The lowest BCUT2D eigenvalue weighted by Crippen LogP contribution is -2.56. The number of thiophene rings is 1. The predicted octanol–water partition coefficient (Wildman–Crippen LogP) is 7.59. The third-order valence-corrected chi connectivity index (χ3v) is 8.28. The smallest absolute Gasteiger partial charge is 0.361 e. The Labute approximate surface area is 251 Å². The van der Waals surface area contributed by atoms with E-state index in [4.69, 9.17) is 11.6 Å². The number of para-hydroxylation sites is 1. The van der Waals surface area contributed by atoms with E-state index >= 15 is 0 Å². The van der Waals surface area contributed by atoms with Gasteiger partial charge in [0.15, 0.2) is 5.78 Å². The predicted molar refractivity (Wildman–Crippen MR) is 151 cm³/mol. The van der Waals surface area contributed by atoms with Crippen LogP contribution in [-0.2, 0) is 18.8 Å². The molecule has 5 nitrogen and oxygen atoms in total. The summed E-state index contributed by atoms with van der Waals surface area (Å²) in [6, 6.07) is 10.9. The summed E-state index contributed by atoms with van der Waals surface area (Å²) in [5.41, 5.74) is -2.15. The molecule has 1 N–H and O–H groups in total. The van der Waals surface area contributed by atoms with E-state index in [2.05, 4.69) is 4.98 Å². The molecule has 0 bridgehead atoms. The van der Waals surface area contributed by atoms with Crippen molar-refractivity contribution in [1.82, 2.24) is 14.8 Å². The topological polar surface area (TPSA) is 56.4 Å². The van der Waals surface area contributed by atoms with Crippen molar-refractivity contribution >= 4 is 57.9 Å². The molecule has 0 saturated carbocycles. The van der Waals surface area contributed by atoms with Gasteiger partial charge in [0.1, 0.15) is 0 Å². The van der Waals surface area contributed by atoms with Crippen LogP contribution in [0.3, 0.4) is 0 Å². The highest BCUT2D eigenvalue weighted by Gasteiger charge is 2.39. The molecule has 42 heavy (non-hydrogen) atoms. The van der Waals surface area contributed by atoms with Gasteiger partial charge in [0.2, 0.25) is 0 Å². The second kappa shape index (κ2) is 12.3. The zero-order valence-electron chi connectivity index (χ0n) is 21.6. The maximum absolute atomic E-state index is 13.6. The summed E-state index contributed by atoms with van der Waals surface area (Å²) in [6.45, 7) is 0.403. The van der Waals surface area contributed by atoms with Gasteiger partial charge in [-0.15, -0.1) is 23.7 Å². The van der Waals surface area contributed by atoms with Gasteiger partial charge < -0.3 is 9.88 Å². The van der Waals surface area contributed by atoms with Crippen LogP contribution in [0.4, 0.5) is 26.3 Å². The third-order valence-electron chi connectivity index (χ3n) is 7.01. The first-order valence-electron chi connectivity index (χ1n) is 12.5. The molecule has 1 saturated heterocycles. The van der Waals surface area contributed by atoms with Gasteiger partial charge in [-0.1, -0.05) is 29.8 Å². The number of nitrogens with one attached hydrogen (secondary N) is 1. The molecular weight excluding hydrogens is 627 g/mol. The molecule has 224 valence electrons. The number of piperazine rings is 1. The summed E-state index contributed by atoms with van der Waals surface area (Å²) in [4.78, 5) is 33.2. The molecule has 2 aromatic heterocycles. The Morgan fingerprint density at radius 2 is 1.62 bits per heavy atom. The molecule has 0 aliphatic carbocycles. The van der Waals surface area contributed by atoms with E-state index in [0.29, 0.717) is 21.3 Å². The fraction of sp³-hybridized carbons (Fsp3) is 0.286. The molecule has 0 radical (unpaired) electrons. The van der Waals surface area contributed by atoms with E-state index in [1.54, 1.807) is 18.3 Å². The molecule has 1 fully saturated rings. The summed E-state index contributed by atoms with van der Waals surface area (Å²) in [5, 5.41) is 0.875. The molecule has 4 aromatic rings. The van der Waals surface area contributed by atoms with Crippen molar-refractivity contribution in [3.8, 4) is 0 Å². The minimum Gasteiger partial charge on any atom is -0.361 e. The number of carbonyl (C=O) groups excluding carboxylic acids is 2. The zero-order valence-corrected chi connectivity index (χ0v) is 23.9. The average molecular weight is 650 g/mol. The summed E-state index contributed by atoms with van der Waals surface area (Å²) < 4.78 is 81.4.